The zero-order valence-corrected chi connectivity index (χ0v) is 21.7. The van der Waals surface area contributed by atoms with Crippen molar-refractivity contribution in [2.75, 3.05) is 12.3 Å². The maximum atomic E-state index is 13.7. The first kappa shape index (κ1) is 22.8. The van der Waals surface area contributed by atoms with Crippen LogP contribution in [0.1, 0.15) is 38.9 Å². The Labute approximate surface area is 222 Å². The number of anilines is 1. The monoisotopic (exact) mass is 588 g/mol. The van der Waals surface area contributed by atoms with Crippen molar-refractivity contribution >= 4 is 45.2 Å². The molecule has 8 heteroatoms. The molecule has 6 rings (SSSR count). The summed E-state index contributed by atoms with van der Waals surface area (Å²) in [6, 6.07) is 22.2. The zero-order valence-electron chi connectivity index (χ0n) is 19.5. The summed E-state index contributed by atoms with van der Waals surface area (Å²) in [7, 11) is 0. The first-order chi connectivity index (χ1) is 17.6. The van der Waals surface area contributed by atoms with E-state index in [9.17, 15) is 4.79 Å². The molecule has 0 bridgehead atoms. The van der Waals surface area contributed by atoms with Gasteiger partial charge in [0.05, 0.1) is 23.4 Å². The molecule has 3 heterocycles. The van der Waals surface area contributed by atoms with Crippen molar-refractivity contribution in [2.24, 2.45) is 0 Å². The molecule has 4 N–H and O–H groups in total. The molecule has 0 fully saturated rings. The molecule has 0 aliphatic carbocycles. The number of amides is 1. The fourth-order valence-corrected chi connectivity index (χ4v) is 5.47. The van der Waals surface area contributed by atoms with E-state index in [1.165, 1.54) is 5.56 Å². The number of halogens is 1. The molecule has 3 aromatic carbocycles. The number of alkyl halides is 1. The molecular formula is C28H25IN6O. The Hall–Kier alpha value is -3.66. The van der Waals surface area contributed by atoms with E-state index < -0.39 is 0 Å². The first-order valence-corrected chi connectivity index (χ1v) is 13.4. The van der Waals surface area contributed by atoms with Gasteiger partial charge in [-0.1, -0.05) is 71.1 Å². The SMILES string of the molecule is Nc1n[nH]c2cc(-c3cnc([C@H](Cc4ccccc4)N4CCc5cc(CI)ccc5C4=O)[nH]3)ccc12. The normalized spacial score (nSPS) is 14.2. The molecule has 180 valence electrons. The summed E-state index contributed by atoms with van der Waals surface area (Å²) in [4.78, 5) is 24.0. The standard InChI is InChI=1S/C28H25IN6O/c29-15-18-6-8-21-19(12-18)10-11-35(28(21)36)25(13-17-4-2-1-3-5-17)27-31-16-24(32-27)20-7-9-22-23(14-20)33-34-26(22)30/h1-9,12,14,16,25H,10-11,13,15H2,(H,31,32)(H3,30,33,34)/t25-/m0/s1. The van der Waals surface area contributed by atoms with Gasteiger partial charge in [0.2, 0.25) is 0 Å². The third-order valence-electron chi connectivity index (χ3n) is 6.90. The number of carbonyl (C=O) groups is 1. The molecule has 5 aromatic rings. The summed E-state index contributed by atoms with van der Waals surface area (Å²) < 4.78 is 0.936. The van der Waals surface area contributed by atoms with Crippen LogP contribution in [0.3, 0.4) is 0 Å². The molecule has 0 spiro atoms. The Morgan fingerprint density at radius 3 is 2.75 bits per heavy atom. The lowest BCUT2D eigenvalue weighted by Gasteiger charge is -2.35. The van der Waals surface area contributed by atoms with Crippen LogP contribution in [0.4, 0.5) is 5.82 Å². The topological polar surface area (TPSA) is 104 Å². The second kappa shape index (κ2) is 9.42. The van der Waals surface area contributed by atoms with Crippen molar-refractivity contribution in [1.82, 2.24) is 25.1 Å². The summed E-state index contributed by atoms with van der Waals surface area (Å²) in [5, 5.41) is 7.96. The van der Waals surface area contributed by atoms with Gasteiger partial charge in [0.1, 0.15) is 5.82 Å². The van der Waals surface area contributed by atoms with Crippen molar-refractivity contribution in [3.63, 3.8) is 0 Å². The predicted octanol–water partition coefficient (Wildman–Crippen LogP) is 5.45. The summed E-state index contributed by atoms with van der Waals surface area (Å²) >= 11 is 2.36. The number of hydrogen-bond acceptors (Lipinski definition) is 4. The van der Waals surface area contributed by atoms with Crippen molar-refractivity contribution in [3.05, 3.63) is 101 Å². The number of carbonyl (C=O) groups excluding carboxylic acids is 1. The van der Waals surface area contributed by atoms with Crippen molar-refractivity contribution in [2.45, 2.75) is 23.3 Å². The highest BCUT2D eigenvalue weighted by atomic mass is 127. The van der Waals surface area contributed by atoms with E-state index in [1.54, 1.807) is 0 Å². The number of rotatable bonds is 6. The minimum atomic E-state index is -0.211. The minimum absolute atomic E-state index is 0.0597. The number of nitrogen functional groups attached to an aromatic ring is 1. The number of fused-ring (bicyclic) bond motifs is 2. The van der Waals surface area contributed by atoms with Crippen LogP contribution in [-0.4, -0.2) is 37.5 Å². The Bertz CT molecular complexity index is 1560. The summed E-state index contributed by atoms with van der Waals surface area (Å²) in [5.41, 5.74) is 13.0. The molecule has 1 aliphatic rings. The third kappa shape index (κ3) is 4.15. The molecule has 1 aliphatic heterocycles. The van der Waals surface area contributed by atoms with Gasteiger partial charge in [-0.05, 0) is 41.3 Å². The Morgan fingerprint density at radius 2 is 1.92 bits per heavy atom. The third-order valence-corrected chi connectivity index (χ3v) is 7.78. The van der Waals surface area contributed by atoms with Gasteiger partial charge < -0.3 is 15.6 Å². The molecule has 7 nitrogen and oxygen atoms in total. The van der Waals surface area contributed by atoms with Crippen LogP contribution in [-0.2, 0) is 17.3 Å². The highest BCUT2D eigenvalue weighted by Gasteiger charge is 2.32. The van der Waals surface area contributed by atoms with Gasteiger partial charge in [-0.2, -0.15) is 5.10 Å². The van der Waals surface area contributed by atoms with Crippen LogP contribution in [0.15, 0.2) is 72.9 Å². The van der Waals surface area contributed by atoms with Gasteiger partial charge >= 0.3 is 0 Å². The van der Waals surface area contributed by atoms with E-state index in [0.29, 0.717) is 18.8 Å². The molecule has 1 amide bonds. The first-order valence-electron chi connectivity index (χ1n) is 11.9. The van der Waals surface area contributed by atoms with Crippen LogP contribution in [0.2, 0.25) is 0 Å². The van der Waals surface area contributed by atoms with Gasteiger partial charge in [0.25, 0.3) is 5.91 Å². The highest BCUT2D eigenvalue weighted by molar-refractivity contribution is 14.1. The Morgan fingerprint density at radius 1 is 1.06 bits per heavy atom. The van der Waals surface area contributed by atoms with E-state index in [2.05, 4.69) is 62.0 Å². The molecular weight excluding hydrogens is 563 g/mol. The summed E-state index contributed by atoms with van der Waals surface area (Å²) in [6.07, 6.45) is 3.35. The van der Waals surface area contributed by atoms with E-state index >= 15 is 0 Å². The van der Waals surface area contributed by atoms with Gasteiger partial charge in [-0.25, -0.2) is 4.98 Å². The second-order valence-corrected chi connectivity index (χ2v) is 9.89. The zero-order chi connectivity index (χ0) is 24.6. The average Bonchev–Trinajstić information content (AvgIpc) is 3.55. The fraction of sp³-hybridized carbons (Fsp3) is 0.179. The number of benzene rings is 3. The van der Waals surface area contributed by atoms with Crippen LogP contribution < -0.4 is 5.73 Å². The Kier molecular flexibility index (Phi) is 5.96. The smallest absolute Gasteiger partial charge is 0.254 e. The van der Waals surface area contributed by atoms with Crippen LogP contribution in [0.25, 0.3) is 22.2 Å². The van der Waals surface area contributed by atoms with E-state index in [1.807, 2.05) is 53.6 Å². The fourth-order valence-electron chi connectivity index (χ4n) is 4.99. The quantitative estimate of drug-likeness (QED) is 0.181. The number of nitrogens with one attached hydrogen (secondary N) is 2. The summed E-state index contributed by atoms with van der Waals surface area (Å²) in [5.74, 6) is 1.32. The lowest BCUT2D eigenvalue weighted by atomic mass is 9.94. The number of hydrogen-bond donors (Lipinski definition) is 3. The predicted molar refractivity (Wildman–Crippen MR) is 150 cm³/mol. The molecule has 0 unspecified atom stereocenters. The maximum Gasteiger partial charge on any atom is 0.254 e. The number of aromatic nitrogens is 4. The highest BCUT2D eigenvalue weighted by Crippen LogP contribution is 2.32. The molecule has 36 heavy (non-hydrogen) atoms. The average molecular weight is 588 g/mol. The number of imidazole rings is 1. The minimum Gasteiger partial charge on any atom is -0.382 e. The van der Waals surface area contributed by atoms with Crippen molar-refractivity contribution in [3.8, 4) is 11.3 Å². The molecule has 0 radical (unpaired) electrons. The maximum absolute atomic E-state index is 13.7. The lowest BCUT2D eigenvalue weighted by Crippen LogP contribution is -2.41. The van der Waals surface area contributed by atoms with E-state index in [0.717, 1.165) is 55.5 Å². The van der Waals surface area contributed by atoms with E-state index in [-0.39, 0.29) is 11.9 Å². The van der Waals surface area contributed by atoms with Gasteiger partial charge in [0.15, 0.2) is 5.82 Å². The Balaban J connectivity index is 1.36. The van der Waals surface area contributed by atoms with Gasteiger partial charge in [-0.15, -0.1) is 0 Å². The van der Waals surface area contributed by atoms with Crippen LogP contribution >= 0.6 is 22.6 Å². The van der Waals surface area contributed by atoms with Crippen molar-refractivity contribution < 1.29 is 4.79 Å². The summed E-state index contributed by atoms with van der Waals surface area (Å²) in [6.45, 7) is 0.656. The van der Waals surface area contributed by atoms with Crippen LogP contribution in [0.5, 0.6) is 0 Å². The largest absolute Gasteiger partial charge is 0.382 e. The van der Waals surface area contributed by atoms with Gasteiger partial charge in [-0.3, -0.25) is 9.89 Å². The number of aromatic amines is 2. The number of nitrogens with zero attached hydrogens (tertiary/aromatic N) is 3. The number of nitrogens with two attached hydrogens (primary N) is 1. The molecule has 0 saturated carbocycles. The van der Waals surface area contributed by atoms with Gasteiger partial charge in [0, 0.05) is 33.9 Å². The molecule has 1 atom stereocenters. The van der Waals surface area contributed by atoms with Crippen LogP contribution in [0, 0.1) is 0 Å². The second-order valence-electron chi connectivity index (χ2n) is 9.13. The lowest BCUT2D eigenvalue weighted by molar-refractivity contribution is 0.0648. The molecule has 2 aromatic heterocycles. The van der Waals surface area contributed by atoms with E-state index in [4.69, 9.17) is 10.7 Å². The number of H-pyrrole nitrogens is 2. The van der Waals surface area contributed by atoms with Crippen molar-refractivity contribution in [1.29, 1.82) is 0 Å². The molecule has 0 saturated heterocycles.